The quantitative estimate of drug-likeness (QED) is 0.779. The number of hydrogen-bond donors (Lipinski definition) is 2. The molecule has 2 aromatic rings. The normalized spacial score (nSPS) is 11.6. The zero-order valence-electron chi connectivity index (χ0n) is 14.9. The summed E-state index contributed by atoms with van der Waals surface area (Å²) in [6, 6.07) is 8.05. The fourth-order valence-electron chi connectivity index (χ4n) is 2.92. The highest BCUT2D eigenvalue weighted by Gasteiger charge is 2.16. The molecule has 0 saturated carbocycles. The van der Waals surface area contributed by atoms with Crippen LogP contribution in [-0.4, -0.2) is 39.3 Å². The van der Waals surface area contributed by atoms with Crippen LogP contribution in [0.5, 0.6) is 0 Å². The molecular formula is C18H27N5O. The Labute approximate surface area is 143 Å². The first-order valence-electron chi connectivity index (χ1n) is 8.39. The van der Waals surface area contributed by atoms with Crippen LogP contribution >= 0.6 is 0 Å². The van der Waals surface area contributed by atoms with E-state index in [0.717, 1.165) is 25.2 Å². The molecule has 0 spiro atoms. The molecule has 6 heteroatoms. The van der Waals surface area contributed by atoms with E-state index in [1.807, 2.05) is 12.1 Å². The van der Waals surface area contributed by atoms with E-state index in [1.165, 1.54) is 5.56 Å². The first-order valence-corrected chi connectivity index (χ1v) is 8.39. The molecule has 0 bridgehead atoms. The molecule has 0 aliphatic carbocycles. The molecule has 1 aromatic heterocycles. The van der Waals surface area contributed by atoms with Crippen molar-refractivity contribution >= 4 is 5.91 Å². The molecule has 130 valence electrons. The number of hydrogen-bond acceptors (Lipinski definition) is 4. The van der Waals surface area contributed by atoms with E-state index in [-0.39, 0.29) is 5.69 Å². The fourth-order valence-corrected chi connectivity index (χ4v) is 2.92. The third kappa shape index (κ3) is 4.89. The third-order valence-electron chi connectivity index (χ3n) is 3.63. The number of aromatic amines is 1. The molecule has 24 heavy (non-hydrogen) atoms. The number of nitrogens with two attached hydrogens (primary N) is 1. The van der Waals surface area contributed by atoms with Crippen LogP contribution in [-0.2, 0) is 6.54 Å². The van der Waals surface area contributed by atoms with Crippen molar-refractivity contribution < 1.29 is 4.79 Å². The van der Waals surface area contributed by atoms with Gasteiger partial charge < -0.3 is 5.73 Å². The monoisotopic (exact) mass is 329 g/mol. The number of rotatable bonds is 8. The van der Waals surface area contributed by atoms with Gasteiger partial charge in [0.25, 0.3) is 5.91 Å². The Morgan fingerprint density at radius 3 is 2.42 bits per heavy atom. The summed E-state index contributed by atoms with van der Waals surface area (Å²) in [5, 5.41) is 10.4. The average Bonchev–Trinajstić information content (AvgIpc) is 2.95. The standard InChI is InChI=1S/C18H27N5O/c1-12(2)9-23(10-13(3)4)11-14-6-5-7-15(8-14)16-17(18(19)24)21-22-20-16/h5-8,12-13H,9-11H2,1-4H3,(H2,19,24)(H,20,21,22). The summed E-state index contributed by atoms with van der Waals surface area (Å²) in [5.41, 5.74) is 8.07. The third-order valence-corrected chi connectivity index (χ3v) is 3.63. The molecule has 1 amide bonds. The number of primary amides is 1. The molecule has 1 aromatic carbocycles. The van der Waals surface area contributed by atoms with Crippen molar-refractivity contribution in [1.82, 2.24) is 20.3 Å². The molecule has 0 saturated heterocycles. The molecule has 0 atom stereocenters. The van der Waals surface area contributed by atoms with Gasteiger partial charge in [-0.05, 0) is 23.5 Å². The van der Waals surface area contributed by atoms with Gasteiger partial charge in [-0.1, -0.05) is 45.9 Å². The molecule has 2 rings (SSSR count). The van der Waals surface area contributed by atoms with E-state index < -0.39 is 5.91 Å². The van der Waals surface area contributed by atoms with Crippen LogP contribution < -0.4 is 5.73 Å². The van der Waals surface area contributed by atoms with E-state index in [4.69, 9.17) is 5.73 Å². The van der Waals surface area contributed by atoms with E-state index in [2.05, 4.69) is 60.1 Å². The van der Waals surface area contributed by atoms with Crippen LogP contribution in [0, 0.1) is 11.8 Å². The minimum atomic E-state index is -0.578. The van der Waals surface area contributed by atoms with Crippen molar-refractivity contribution in [1.29, 1.82) is 0 Å². The number of H-pyrrole nitrogens is 1. The Kier molecular flexibility index (Phi) is 6.09. The summed E-state index contributed by atoms with van der Waals surface area (Å²) in [7, 11) is 0. The minimum absolute atomic E-state index is 0.174. The Morgan fingerprint density at radius 2 is 1.83 bits per heavy atom. The lowest BCUT2D eigenvalue weighted by molar-refractivity contribution is 0.0996. The van der Waals surface area contributed by atoms with Crippen LogP contribution in [0.25, 0.3) is 11.3 Å². The maximum absolute atomic E-state index is 11.5. The number of carbonyl (C=O) groups excluding carboxylic acids is 1. The minimum Gasteiger partial charge on any atom is -0.364 e. The van der Waals surface area contributed by atoms with Crippen molar-refractivity contribution in [2.45, 2.75) is 34.2 Å². The van der Waals surface area contributed by atoms with Gasteiger partial charge in [-0.2, -0.15) is 15.4 Å². The summed E-state index contributed by atoms with van der Waals surface area (Å²) in [5.74, 6) is 0.651. The zero-order chi connectivity index (χ0) is 17.7. The van der Waals surface area contributed by atoms with Crippen LogP contribution in [0.3, 0.4) is 0 Å². The maximum Gasteiger partial charge on any atom is 0.271 e. The van der Waals surface area contributed by atoms with Gasteiger partial charge in [-0.15, -0.1) is 0 Å². The molecule has 1 heterocycles. The molecule has 6 nitrogen and oxygen atoms in total. The summed E-state index contributed by atoms with van der Waals surface area (Å²) in [4.78, 5) is 13.9. The first kappa shape index (κ1) is 18.1. The van der Waals surface area contributed by atoms with Gasteiger partial charge in [0.2, 0.25) is 0 Å². The zero-order valence-corrected chi connectivity index (χ0v) is 14.9. The van der Waals surface area contributed by atoms with Gasteiger partial charge >= 0.3 is 0 Å². The van der Waals surface area contributed by atoms with Crippen molar-refractivity contribution in [3.8, 4) is 11.3 Å². The number of nitrogens with one attached hydrogen (secondary N) is 1. The van der Waals surface area contributed by atoms with E-state index in [0.29, 0.717) is 17.5 Å². The molecule has 0 aliphatic heterocycles. The number of aromatic nitrogens is 3. The second kappa shape index (κ2) is 8.06. The topological polar surface area (TPSA) is 87.9 Å². The molecular weight excluding hydrogens is 302 g/mol. The summed E-state index contributed by atoms with van der Waals surface area (Å²) in [6.07, 6.45) is 0. The summed E-state index contributed by atoms with van der Waals surface area (Å²) in [6.45, 7) is 11.9. The van der Waals surface area contributed by atoms with Crippen LogP contribution in [0.1, 0.15) is 43.7 Å². The van der Waals surface area contributed by atoms with Crippen LogP contribution in [0.15, 0.2) is 24.3 Å². The predicted octanol–water partition coefficient (Wildman–Crippen LogP) is 2.68. The lowest BCUT2D eigenvalue weighted by atomic mass is 10.0. The Morgan fingerprint density at radius 1 is 1.17 bits per heavy atom. The molecule has 3 N–H and O–H groups in total. The van der Waals surface area contributed by atoms with Gasteiger partial charge in [-0.3, -0.25) is 9.69 Å². The maximum atomic E-state index is 11.5. The molecule has 0 radical (unpaired) electrons. The lowest BCUT2D eigenvalue weighted by Gasteiger charge is -2.26. The highest BCUT2D eigenvalue weighted by molar-refractivity contribution is 5.96. The van der Waals surface area contributed by atoms with Crippen molar-refractivity contribution in [3.05, 3.63) is 35.5 Å². The van der Waals surface area contributed by atoms with Crippen molar-refractivity contribution in [3.63, 3.8) is 0 Å². The number of amides is 1. The molecule has 0 aliphatic rings. The largest absolute Gasteiger partial charge is 0.364 e. The Balaban J connectivity index is 2.22. The van der Waals surface area contributed by atoms with Crippen LogP contribution in [0.2, 0.25) is 0 Å². The number of nitrogens with zero attached hydrogens (tertiary/aromatic N) is 3. The lowest BCUT2D eigenvalue weighted by Crippen LogP contribution is -2.30. The predicted molar refractivity (Wildman–Crippen MR) is 95.3 cm³/mol. The van der Waals surface area contributed by atoms with Gasteiger partial charge in [0.05, 0.1) is 0 Å². The van der Waals surface area contributed by atoms with Gasteiger partial charge in [0, 0.05) is 25.2 Å². The fraction of sp³-hybridized carbons (Fsp3) is 0.500. The molecule has 0 fully saturated rings. The van der Waals surface area contributed by atoms with Crippen molar-refractivity contribution in [2.75, 3.05) is 13.1 Å². The van der Waals surface area contributed by atoms with Gasteiger partial charge in [-0.25, -0.2) is 0 Å². The SMILES string of the molecule is CC(C)CN(Cc1cccc(-c2n[nH]nc2C(N)=O)c1)CC(C)C. The average molecular weight is 329 g/mol. The Hall–Kier alpha value is -2.21. The van der Waals surface area contributed by atoms with E-state index in [9.17, 15) is 4.79 Å². The van der Waals surface area contributed by atoms with E-state index >= 15 is 0 Å². The Bertz CT molecular complexity index is 668. The van der Waals surface area contributed by atoms with E-state index in [1.54, 1.807) is 0 Å². The summed E-state index contributed by atoms with van der Waals surface area (Å²) >= 11 is 0. The van der Waals surface area contributed by atoms with Crippen LogP contribution in [0.4, 0.5) is 0 Å². The smallest absolute Gasteiger partial charge is 0.271 e. The highest BCUT2D eigenvalue weighted by Crippen LogP contribution is 2.21. The first-order chi connectivity index (χ1) is 11.4. The second-order valence-electron chi connectivity index (χ2n) is 7.07. The van der Waals surface area contributed by atoms with Gasteiger partial charge in [0.1, 0.15) is 5.69 Å². The molecule has 0 unspecified atom stereocenters. The summed E-state index contributed by atoms with van der Waals surface area (Å²) < 4.78 is 0. The number of benzene rings is 1. The van der Waals surface area contributed by atoms with Crippen molar-refractivity contribution in [2.24, 2.45) is 17.6 Å². The number of carbonyl (C=O) groups is 1. The van der Waals surface area contributed by atoms with Gasteiger partial charge in [0.15, 0.2) is 5.69 Å². The second-order valence-corrected chi connectivity index (χ2v) is 7.07. The highest BCUT2D eigenvalue weighted by atomic mass is 16.1.